The van der Waals surface area contributed by atoms with Gasteiger partial charge in [0.15, 0.2) is 0 Å². The number of fused-ring (bicyclic) bond motifs is 12. The normalized spacial score (nSPS) is 14.0. The topological polar surface area (TPSA) is 6.48 Å². The molecule has 0 saturated heterocycles. The van der Waals surface area contributed by atoms with Crippen LogP contribution < -0.4 is 20.6 Å². The number of thiophene rings is 1. The fourth-order valence-electron chi connectivity index (χ4n) is 12.4. The Balaban J connectivity index is 1.13. The van der Waals surface area contributed by atoms with E-state index in [1.807, 2.05) is 11.3 Å². The molecular weight excluding hydrogens is 840 g/mol. The third kappa shape index (κ3) is 5.53. The van der Waals surface area contributed by atoms with Gasteiger partial charge in [0.1, 0.15) is 0 Å². The highest BCUT2D eigenvalue weighted by atomic mass is 32.1. The van der Waals surface area contributed by atoms with E-state index >= 15 is 0 Å². The van der Waals surface area contributed by atoms with E-state index in [2.05, 4.69) is 238 Å². The Bertz CT molecular complexity index is 3930. The summed E-state index contributed by atoms with van der Waals surface area (Å²) in [6.45, 7) is 11.5. The lowest BCUT2D eigenvalue weighted by Gasteiger charge is -2.47. The van der Waals surface area contributed by atoms with Crippen LogP contribution in [-0.2, 0) is 5.41 Å². The monoisotopic (exact) mass is 886 g/mol. The first-order valence-corrected chi connectivity index (χ1v) is 24.8. The van der Waals surface area contributed by atoms with Gasteiger partial charge in [-0.3, -0.25) is 0 Å². The molecule has 0 spiro atoms. The van der Waals surface area contributed by atoms with Crippen molar-refractivity contribution in [3.63, 3.8) is 0 Å². The van der Waals surface area contributed by atoms with E-state index in [-0.39, 0.29) is 12.3 Å². The number of nitrogens with zero attached hydrogens (tertiary/aromatic N) is 2. The average Bonchev–Trinajstić information content (AvgIpc) is 3.84. The Labute approximate surface area is 402 Å². The molecule has 2 aliphatic heterocycles. The average molecular weight is 887 g/mol. The molecule has 0 atom stereocenters. The maximum absolute atomic E-state index is 2.74. The van der Waals surface area contributed by atoms with Gasteiger partial charge in [-0.1, -0.05) is 159 Å². The van der Waals surface area contributed by atoms with Crippen molar-refractivity contribution in [3.8, 4) is 44.5 Å². The van der Waals surface area contributed by atoms with Gasteiger partial charge in [-0.25, -0.2) is 0 Å². The van der Waals surface area contributed by atoms with E-state index < -0.39 is 0 Å². The molecular formula is C64H47BN2S. The predicted octanol–water partition coefficient (Wildman–Crippen LogP) is 16.5. The van der Waals surface area contributed by atoms with Crippen molar-refractivity contribution in [2.75, 3.05) is 9.71 Å². The van der Waals surface area contributed by atoms with E-state index in [1.165, 1.54) is 143 Å². The zero-order chi connectivity index (χ0) is 45.6. The molecule has 1 aromatic heterocycles. The molecule has 3 aliphatic rings. The molecule has 0 N–H and O–H groups in total. The minimum atomic E-state index is -0.158. The van der Waals surface area contributed by atoms with Crippen LogP contribution in [0.2, 0.25) is 0 Å². The van der Waals surface area contributed by atoms with Crippen molar-refractivity contribution in [1.29, 1.82) is 0 Å². The molecule has 11 aromatic rings. The largest absolute Gasteiger partial charge is 0.376 e. The summed E-state index contributed by atoms with van der Waals surface area (Å²) in [6.07, 6.45) is 0. The quantitative estimate of drug-likeness (QED) is 0.163. The summed E-state index contributed by atoms with van der Waals surface area (Å²) in [5.74, 6) is 0. The van der Waals surface area contributed by atoms with Crippen molar-refractivity contribution >= 4 is 88.5 Å². The fourth-order valence-corrected chi connectivity index (χ4v) is 13.6. The highest BCUT2D eigenvalue weighted by molar-refractivity contribution is 7.26. The summed E-state index contributed by atoms with van der Waals surface area (Å²) in [6, 6.07) is 73.9. The Hall–Kier alpha value is -7.66. The van der Waals surface area contributed by atoms with E-state index in [0.29, 0.717) is 0 Å². The Morgan fingerprint density at radius 2 is 1.18 bits per heavy atom. The second-order valence-electron chi connectivity index (χ2n) is 19.8. The lowest BCUT2D eigenvalue weighted by Crippen LogP contribution is -2.61. The standard InChI is InChI=1S/C64H47BN2S/c1-38-16-15-17-39(2)61(38)44-33-52-50-29-26-42-20-9-10-21-46(42)63(50)67(45-28-30-48-47-22-11-13-24-53(47)64(4,5)54(48)35-45)65-55-36-51-49-23-12-14-25-59(49)68-60(51)37-57(55)66(58(34-44)62(52)65)56-31-27-43(32-40(56)3)41-18-7-6-8-19-41/h6-37H,1-5H3. The number of aryl methyl sites for hydroxylation is 3. The number of hydrogen-bond acceptors (Lipinski definition) is 3. The molecule has 14 rings (SSSR count). The molecule has 4 heteroatoms. The lowest BCUT2D eigenvalue weighted by molar-refractivity contribution is 0.660. The molecule has 68 heavy (non-hydrogen) atoms. The van der Waals surface area contributed by atoms with Crippen molar-refractivity contribution < 1.29 is 0 Å². The van der Waals surface area contributed by atoms with Crippen molar-refractivity contribution in [1.82, 2.24) is 0 Å². The number of hydrogen-bond donors (Lipinski definition) is 0. The molecule has 322 valence electrons. The third-order valence-corrected chi connectivity index (χ3v) is 16.7. The molecule has 0 saturated carbocycles. The molecule has 0 fully saturated rings. The number of rotatable bonds is 4. The minimum absolute atomic E-state index is 0.145. The molecule has 10 aromatic carbocycles. The van der Waals surface area contributed by atoms with E-state index in [0.717, 1.165) is 0 Å². The maximum atomic E-state index is 2.74. The summed E-state index contributed by atoms with van der Waals surface area (Å²) in [7, 11) is 0. The molecule has 2 nitrogen and oxygen atoms in total. The second kappa shape index (κ2) is 14.4. The first kappa shape index (κ1) is 39.5. The first-order valence-electron chi connectivity index (χ1n) is 23.9. The van der Waals surface area contributed by atoms with Crippen molar-refractivity contribution in [2.24, 2.45) is 0 Å². The zero-order valence-electron chi connectivity index (χ0n) is 38.9. The summed E-state index contributed by atoms with van der Waals surface area (Å²) in [4.78, 5) is 5.37. The van der Waals surface area contributed by atoms with Crippen LogP contribution in [0.5, 0.6) is 0 Å². The summed E-state index contributed by atoms with van der Waals surface area (Å²) < 4.78 is 2.61. The van der Waals surface area contributed by atoms with Gasteiger partial charge in [-0.2, -0.15) is 0 Å². The number of anilines is 5. The molecule has 3 heterocycles. The van der Waals surface area contributed by atoms with Crippen LogP contribution in [0.3, 0.4) is 0 Å². The minimum Gasteiger partial charge on any atom is -0.376 e. The van der Waals surface area contributed by atoms with Crippen LogP contribution in [0.25, 0.3) is 75.5 Å². The van der Waals surface area contributed by atoms with Gasteiger partial charge in [0.25, 0.3) is 0 Å². The van der Waals surface area contributed by atoms with E-state index in [1.54, 1.807) is 0 Å². The lowest BCUT2D eigenvalue weighted by atomic mass is 9.43. The van der Waals surface area contributed by atoms with Crippen LogP contribution in [0.1, 0.15) is 41.7 Å². The Kier molecular flexibility index (Phi) is 8.38. The van der Waals surface area contributed by atoms with Gasteiger partial charge in [0.05, 0.1) is 0 Å². The second-order valence-corrected chi connectivity index (χ2v) is 20.9. The van der Waals surface area contributed by atoms with E-state index in [4.69, 9.17) is 0 Å². The van der Waals surface area contributed by atoms with Gasteiger partial charge >= 0.3 is 6.85 Å². The van der Waals surface area contributed by atoms with Gasteiger partial charge < -0.3 is 9.71 Å². The molecule has 0 unspecified atom stereocenters. The highest BCUT2D eigenvalue weighted by Gasteiger charge is 2.47. The molecule has 1 aliphatic carbocycles. The predicted molar refractivity (Wildman–Crippen MR) is 293 cm³/mol. The smallest absolute Gasteiger partial charge is 0.333 e. The van der Waals surface area contributed by atoms with Crippen LogP contribution in [-0.4, -0.2) is 6.85 Å². The Morgan fingerprint density at radius 3 is 2.01 bits per heavy atom. The SMILES string of the molecule is Cc1cc(-c2ccccc2)ccc1N1c2cc3sc4ccccc4c3cc2B2c3c(cc(-c4c(C)cccc4C)cc31)-c1ccc3ccccc3c1N2c1ccc2c(c1)C(C)(C)c1ccccc1-2. The molecule has 0 bridgehead atoms. The molecule has 0 radical (unpaired) electrons. The molecule has 0 amide bonds. The fraction of sp³-hybridized carbons (Fsp3) is 0.0938. The van der Waals surface area contributed by atoms with Gasteiger partial charge in [-0.15, -0.1) is 11.3 Å². The van der Waals surface area contributed by atoms with Crippen LogP contribution in [0.4, 0.5) is 28.4 Å². The highest BCUT2D eigenvalue weighted by Crippen LogP contribution is 2.54. The van der Waals surface area contributed by atoms with Crippen molar-refractivity contribution in [2.45, 2.75) is 40.0 Å². The number of benzene rings is 10. The van der Waals surface area contributed by atoms with Crippen molar-refractivity contribution in [3.05, 3.63) is 222 Å². The van der Waals surface area contributed by atoms with Crippen LogP contribution in [0.15, 0.2) is 194 Å². The maximum Gasteiger partial charge on any atom is 0.333 e. The van der Waals surface area contributed by atoms with Gasteiger partial charge in [0.2, 0.25) is 0 Å². The zero-order valence-corrected chi connectivity index (χ0v) is 39.7. The van der Waals surface area contributed by atoms with Gasteiger partial charge in [-0.05, 0) is 152 Å². The van der Waals surface area contributed by atoms with E-state index in [9.17, 15) is 0 Å². The summed E-state index contributed by atoms with van der Waals surface area (Å²) >= 11 is 1.90. The van der Waals surface area contributed by atoms with Crippen LogP contribution in [0, 0.1) is 20.8 Å². The first-order chi connectivity index (χ1) is 33.2. The Morgan fingerprint density at radius 1 is 0.441 bits per heavy atom. The summed E-state index contributed by atoms with van der Waals surface area (Å²) in [5, 5.41) is 5.13. The third-order valence-electron chi connectivity index (χ3n) is 15.6. The summed E-state index contributed by atoms with van der Waals surface area (Å²) in [5.41, 5.74) is 25.4. The van der Waals surface area contributed by atoms with Crippen LogP contribution >= 0.6 is 11.3 Å². The van der Waals surface area contributed by atoms with Gasteiger partial charge in [0, 0.05) is 65.0 Å².